The third-order valence-corrected chi connectivity index (χ3v) is 4.53. The zero-order chi connectivity index (χ0) is 12.5. The summed E-state index contributed by atoms with van der Waals surface area (Å²) in [6.45, 7) is 4.67. The molecule has 0 bridgehead atoms. The smallest absolute Gasteiger partial charge is 0.00842 e. The van der Waals surface area contributed by atoms with Gasteiger partial charge in [-0.2, -0.15) is 0 Å². The van der Waals surface area contributed by atoms with Gasteiger partial charge in [0.1, 0.15) is 0 Å². The van der Waals surface area contributed by atoms with E-state index < -0.39 is 0 Å². The zero-order valence-corrected chi connectivity index (χ0v) is 11.4. The summed E-state index contributed by atoms with van der Waals surface area (Å²) in [5.41, 5.74) is 4.69. The Kier molecular flexibility index (Phi) is 3.11. The average molecular weight is 238 g/mol. The Balaban J connectivity index is 1.81. The van der Waals surface area contributed by atoms with Crippen LogP contribution in [-0.4, -0.2) is 0 Å². The van der Waals surface area contributed by atoms with Crippen LogP contribution in [0.1, 0.15) is 38.7 Å². The van der Waals surface area contributed by atoms with Gasteiger partial charge in [-0.1, -0.05) is 68.3 Å². The quantitative estimate of drug-likeness (QED) is 0.686. The van der Waals surface area contributed by atoms with E-state index in [1.807, 2.05) is 0 Å². The summed E-state index contributed by atoms with van der Waals surface area (Å²) in [4.78, 5) is 0. The SMILES string of the molecule is CCC(C)CC1=CC=C(c2ccccc2)C2CC12. The molecule has 0 heterocycles. The Morgan fingerprint density at radius 2 is 1.89 bits per heavy atom. The van der Waals surface area contributed by atoms with Gasteiger partial charge in [-0.05, 0) is 41.7 Å². The van der Waals surface area contributed by atoms with Gasteiger partial charge in [-0.15, -0.1) is 0 Å². The minimum absolute atomic E-state index is 0.816. The molecule has 18 heavy (non-hydrogen) atoms. The Morgan fingerprint density at radius 1 is 1.11 bits per heavy atom. The van der Waals surface area contributed by atoms with Gasteiger partial charge in [0.2, 0.25) is 0 Å². The van der Waals surface area contributed by atoms with E-state index in [1.54, 1.807) is 11.1 Å². The standard InChI is InChI=1S/C18H22/c1-3-13(2)11-15-9-10-16(18-12-17(15)18)14-7-5-4-6-8-14/h4-10,13,17-18H,3,11-12H2,1-2H3. The molecule has 94 valence electrons. The van der Waals surface area contributed by atoms with E-state index >= 15 is 0 Å². The zero-order valence-electron chi connectivity index (χ0n) is 11.4. The maximum atomic E-state index is 2.41. The highest BCUT2D eigenvalue weighted by Gasteiger charge is 2.43. The Hall–Kier alpha value is -1.30. The van der Waals surface area contributed by atoms with Crippen molar-refractivity contribution in [1.29, 1.82) is 0 Å². The van der Waals surface area contributed by atoms with Crippen molar-refractivity contribution in [1.82, 2.24) is 0 Å². The monoisotopic (exact) mass is 238 g/mol. The molecule has 0 nitrogen and oxygen atoms in total. The van der Waals surface area contributed by atoms with Gasteiger partial charge in [-0.25, -0.2) is 0 Å². The first-order valence-corrected chi connectivity index (χ1v) is 7.25. The number of rotatable bonds is 4. The summed E-state index contributed by atoms with van der Waals surface area (Å²) in [5.74, 6) is 2.51. The van der Waals surface area contributed by atoms with Gasteiger partial charge in [-0.3, -0.25) is 0 Å². The predicted molar refractivity (Wildman–Crippen MR) is 78.2 cm³/mol. The second-order valence-electron chi connectivity index (χ2n) is 5.90. The second-order valence-corrected chi connectivity index (χ2v) is 5.90. The van der Waals surface area contributed by atoms with Crippen LogP contribution in [0.3, 0.4) is 0 Å². The van der Waals surface area contributed by atoms with E-state index in [1.165, 1.54) is 24.8 Å². The van der Waals surface area contributed by atoms with E-state index in [2.05, 4.69) is 56.3 Å². The summed E-state index contributed by atoms with van der Waals surface area (Å²) < 4.78 is 0. The maximum Gasteiger partial charge on any atom is -0.00842 e. The molecule has 0 heteroatoms. The molecular formula is C18H22. The highest BCUT2D eigenvalue weighted by atomic mass is 14.5. The van der Waals surface area contributed by atoms with Crippen LogP contribution < -0.4 is 0 Å². The molecule has 1 aromatic carbocycles. The van der Waals surface area contributed by atoms with Crippen LogP contribution >= 0.6 is 0 Å². The van der Waals surface area contributed by atoms with E-state index in [0.717, 1.165) is 17.8 Å². The lowest BCUT2D eigenvalue weighted by Crippen LogP contribution is -2.02. The van der Waals surface area contributed by atoms with E-state index in [0.29, 0.717) is 0 Å². The van der Waals surface area contributed by atoms with Crippen molar-refractivity contribution in [2.45, 2.75) is 33.1 Å². The largest absolute Gasteiger partial charge is 0.0662 e. The van der Waals surface area contributed by atoms with Crippen LogP contribution in [0.25, 0.3) is 5.57 Å². The van der Waals surface area contributed by atoms with Gasteiger partial charge in [0.15, 0.2) is 0 Å². The summed E-state index contributed by atoms with van der Waals surface area (Å²) in [6.07, 6.45) is 8.76. The summed E-state index contributed by atoms with van der Waals surface area (Å²) in [6, 6.07) is 10.9. The Morgan fingerprint density at radius 3 is 2.61 bits per heavy atom. The van der Waals surface area contributed by atoms with Crippen LogP contribution in [-0.2, 0) is 0 Å². The number of allylic oxidation sites excluding steroid dienone is 4. The second kappa shape index (κ2) is 4.76. The lowest BCUT2D eigenvalue weighted by molar-refractivity contribution is 0.541. The van der Waals surface area contributed by atoms with Crippen LogP contribution in [0, 0.1) is 17.8 Å². The topological polar surface area (TPSA) is 0 Å². The first kappa shape index (κ1) is 11.8. The van der Waals surface area contributed by atoms with Crippen LogP contribution in [0.2, 0.25) is 0 Å². The third kappa shape index (κ3) is 2.16. The molecule has 0 aromatic heterocycles. The fourth-order valence-electron chi connectivity index (χ4n) is 3.10. The van der Waals surface area contributed by atoms with Crippen molar-refractivity contribution in [2.75, 3.05) is 0 Å². The van der Waals surface area contributed by atoms with E-state index in [-0.39, 0.29) is 0 Å². The highest BCUT2D eigenvalue weighted by molar-refractivity contribution is 5.73. The van der Waals surface area contributed by atoms with E-state index in [9.17, 15) is 0 Å². The number of hydrogen-bond donors (Lipinski definition) is 0. The fraction of sp³-hybridized carbons (Fsp3) is 0.444. The molecule has 1 saturated carbocycles. The average Bonchev–Trinajstić information content (AvgIpc) is 3.20. The van der Waals surface area contributed by atoms with Crippen LogP contribution in [0.5, 0.6) is 0 Å². The predicted octanol–water partition coefficient (Wildman–Crippen LogP) is 5.08. The van der Waals surface area contributed by atoms with Crippen LogP contribution in [0.15, 0.2) is 48.1 Å². The van der Waals surface area contributed by atoms with Crippen molar-refractivity contribution in [3.63, 3.8) is 0 Å². The molecule has 1 aromatic rings. The summed E-state index contributed by atoms with van der Waals surface area (Å²) >= 11 is 0. The molecule has 0 aliphatic heterocycles. The number of hydrogen-bond acceptors (Lipinski definition) is 0. The first-order chi connectivity index (χ1) is 8.79. The van der Waals surface area contributed by atoms with Gasteiger partial charge in [0, 0.05) is 0 Å². The number of fused-ring (bicyclic) bond motifs is 1. The molecular weight excluding hydrogens is 216 g/mol. The Bertz CT molecular complexity index is 478. The first-order valence-electron chi connectivity index (χ1n) is 7.25. The van der Waals surface area contributed by atoms with E-state index in [4.69, 9.17) is 0 Å². The molecule has 0 radical (unpaired) electrons. The lowest BCUT2D eigenvalue weighted by atomic mass is 9.88. The minimum atomic E-state index is 0.816. The summed E-state index contributed by atoms with van der Waals surface area (Å²) in [7, 11) is 0. The number of benzene rings is 1. The summed E-state index contributed by atoms with van der Waals surface area (Å²) in [5, 5.41) is 0. The molecule has 3 unspecified atom stereocenters. The van der Waals surface area contributed by atoms with Crippen molar-refractivity contribution < 1.29 is 0 Å². The molecule has 3 atom stereocenters. The van der Waals surface area contributed by atoms with Gasteiger partial charge >= 0.3 is 0 Å². The third-order valence-electron chi connectivity index (χ3n) is 4.53. The van der Waals surface area contributed by atoms with Gasteiger partial charge in [0.25, 0.3) is 0 Å². The fourth-order valence-corrected chi connectivity index (χ4v) is 3.10. The highest BCUT2D eigenvalue weighted by Crippen LogP contribution is 2.55. The van der Waals surface area contributed by atoms with Gasteiger partial charge < -0.3 is 0 Å². The molecule has 3 rings (SSSR count). The van der Waals surface area contributed by atoms with Crippen LogP contribution in [0.4, 0.5) is 0 Å². The molecule has 0 N–H and O–H groups in total. The van der Waals surface area contributed by atoms with Crippen molar-refractivity contribution in [3.05, 3.63) is 53.6 Å². The molecule has 0 saturated heterocycles. The molecule has 0 amide bonds. The molecule has 2 aliphatic rings. The van der Waals surface area contributed by atoms with Crippen molar-refractivity contribution in [2.24, 2.45) is 17.8 Å². The molecule has 1 fully saturated rings. The lowest BCUT2D eigenvalue weighted by Gasteiger charge is -2.17. The molecule has 0 spiro atoms. The maximum absolute atomic E-state index is 2.41. The normalized spacial score (nSPS) is 27.0. The molecule has 2 aliphatic carbocycles. The Labute approximate surface area is 110 Å². The van der Waals surface area contributed by atoms with Gasteiger partial charge in [0.05, 0.1) is 0 Å². The van der Waals surface area contributed by atoms with Crippen molar-refractivity contribution in [3.8, 4) is 0 Å². The van der Waals surface area contributed by atoms with Crippen molar-refractivity contribution >= 4 is 5.57 Å². The minimum Gasteiger partial charge on any atom is -0.0662 e.